The first-order valence-corrected chi connectivity index (χ1v) is 6.70. The Morgan fingerprint density at radius 3 is 2.68 bits per heavy atom. The molecule has 0 spiro atoms. The van der Waals surface area contributed by atoms with E-state index in [2.05, 4.69) is 20.9 Å². The van der Waals surface area contributed by atoms with Gasteiger partial charge in [-0.15, -0.1) is 0 Å². The Balaban J connectivity index is 2.39. The average Bonchev–Trinajstić information content (AvgIpc) is 2.43. The minimum Gasteiger partial charge on any atom is -0.383 e. The van der Waals surface area contributed by atoms with Crippen LogP contribution in [0.3, 0.4) is 0 Å². The zero-order valence-corrected chi connectivity index (χ0v) is 12.1. The van der Waals surface area contributed by atoms with Crippen LogP contribution in [0, 0.1) is 0 Å². The lowest BCUT2D eigenvalue weighted by atomic mass is 10.2. The van der Waals surface area contributed by atoms with Crippen molar-refractivity contribution >= 4 is 33.3 Å². The Hall–Kier alpha value is -1.88. The maximum absolute atomic E-state index is 12.5. The van der Waals surface area contributed by atoms with Crippen LogP contribution < -0.4 is 10.6 Å². The molecule has 2 N–H and O–H groups in total. The molecule has 0 aliphatic carbocycles. The fraction of sp³-hybridized carbons (Fsp3) is 0.143. The predicted molar refractivity (Wildman–Crippen MR) is 80.1 cm³/mol. The highest BCUT2D eigenvalue weighted by Crippen LogP contribution is 2.21. The van der Waals surface area contributed by atoms with Gasteiger partial charge in [0.15, 0.2) is 0 Å². The van der Waals surface area contributed by atoms with Gasteiger partial charge in [-0.2, -0.15) is 0 Å². The topological polar surface area (TPSA) is 59.2 Å². The molecule has 2 rings (SSSR count). The maximum atomic E-state index is 12.5. The Morgan fingerprint density at radius 2 is 2.05 bits per heavy atom. The number of carbonyl (C=O) groups excluding carboxylic acids is 1. The second kappa shape index (κ2) is 5.84. The second-order valence-corrected chi connectivity index (χ2v) is 4.89. The molecule has 0 fully saturated rings. The summed E-state index contributed by atoms with van der Waals surface area (Å²) in [5.41, 5.74) is 7.03. The van der Waals surface area contributed by atoms with Crippen LogP contribution >= 0.6 is 15.9 Å². The third kappa shape index (κ3) is 2.93. The molecular formula is C14H14BrN3O. The fourth-order valence-corrected chi connectivity index (χ4v) is 2.15. The molecule has 0 saturated heterocycles. The predicted octanol–water partition coefficient (Wildman–Crippen LogP) is 3.09. The number of halogens is 1. The zero-order chi connectivity index (χ0) is 13.8. The number of rotatable bonds is 3. The van der Waals surface area contributed by atoms with Crippen LogP contribution in [0.25, 0.3) is 0 Å². The van der Waals surface area contributed by atoms with Gasteiger partial charge >= 0.3 is 0 Å². The molecule has 98 valence electrons. The van der Waals surface area contributed by atoms with Crippen molar-refractivity contribution in [3.63, 3.8) is 0 Å². The molecule has 0 bridgehead atoms. The van der Waals surface area contributed by atoms with Gasteiger partial charge in [-0.05, 0) is 41.1 Å². The van der Waals surface area contributed by atoms with Gasteiger partial charge in [0.25, 0.3) is 5.91 Å². The van der Waals surface area contributed by atoms with E-state index in [0.717, 1.165) is 10.2 Å². The van der Waals surface area contributed by atoms with E-state index in [1.165, 1.54) is 0 Å². The van der Waals surface area contributed by atoms with Crippen molar-refractivity contribution in [2.24, 2.45) is 0 Å². The molecule has 2 aromatic rings. The number of para-hydroxylation sites is 1. The number of aromatic nitrogens is 1. The molecule has 1 aromatic carbocycles. The Kier molecular flexibility index (Phi) is 4.16. The Morgan fingerprint density at radius 1 is 1.37 bits per heavy atom. The zero-order valence-electron chi connectivity index (χ0n) is 10.5. The molecule has 5 heteroatoms. The number of nitrogens with two attached hydrogens (primary N) is 1. The van der Waals surface area contributed by atoms with Crippen LogP contribution in [0.5, 0.6) is 0 Å². The van der Waals surface area contributed by atoms with Crippen molar-refractivity contribution in [1.82, 2.24) is 4.98 Å². The van der Waals surface area contributed by atoms with Crippen molar-refractivity contribution in [2.75, 3.05) is 17.2 Å². The number of nitrogens with zero attached hydrogens (tertiary/aromatic N) is 2. The maximum Gasteiger partial charge on any atom is 0.262 e. The van der Waals surface area contributed by atoms with E-state index in [1.807, 2.05) is 37.3 Å². The lowest BCUT2D eigenvalue weighted by Gasteiger charge is -2.21. The molecule has 0 atom stereocenters. The highest BCUT2D eigenvalue weighted by molar-refractivity contribution is 9.10. The van der Waals surface area contributed by atoms with Gasteiger partial charge in [0.1, 0.15) is 5.82 Å². The van der Waals surface area contributed by atoms with Crippen molar-refractivity contribution in [3.05, 3.63) is 52.6 Å². The summed E-state index contributed by atoms with van der Waals surface area (Å²) in [6.07, 6.45) is 1.57. The monoisotopic (exact) mass is 319 g/mol. The van der Waals surface area contributed by atoms with E-state index in [0.29, 0.717) is 12.1 Å². The Labute approximate surface area is 120 Å². The number of hydrogen-bond acceptors (Lipinski definition) is 3. The number of nitrogen functional groups attached to an aromatic ring is 1. The van der Waals surface area contributed by atoms with Crippen LogP contribution in [0.4, 0.5) is 11.5 Å². The summed E-state index contributed by atoms with van der Waals surface area (Å²) < 4.78 is 0.731. The minimum atomic E-state index is -0.153. The Bertz CT molecular complexity index is 586. The van der Waals surface area contributed by atoms with Gasteiger partial charge in [-0.25, -0.2) is 4.98 Å². The summed E-state index contributed by atoms with van der Waals surface area (Å²) in [4.78, 5) is 18.2. The molecule has 1 aromatic heterocycles. The van der Waals surface area contributed by atoms with Crippen LogP contribution in [0.2, 0.25) is 0 Å². The first-order chi connectivity index (χ1) is 9.13. The number of amides is 1. The highest BCUT2D eigenvalue weighted by atomic mass is 79.9. The van der Waals surface area contributed by atoms with E-state index in [1.54, 1.807) is 17.2 Å². The van der Waals surface area contributed by atoms with Crippen LogP contribution in [0.15, 0.2) is 47.1 Å². The summed E-state index contributed by atoms with van der Waals surface area (Å²) in [6, 6.07) is 11.2. The van der Waals surface area contributed by atoms with Crippen LogP contribution in [0.1, 0.15) is 17.3 Å². The lowest BCUT2D eigenvalue weighted by molar-refractivity contribution is 0.0989. The molecule has 19 heavy (non-hydrogen) atoms. The second-order valence-electron chi connectivity index (χ2n) is 3.97. The normalized spacial score (nSPS) is 10.2. The van der Waals surface area contributed by atoms with E-state index in [-0.39, 0.29) is 11.7 Å². The van der Waals surface area contributed by atoms with E-state index >= 15 is 0 Å². The summed E-state index contributed by atoms with van der Waals surface area (Å²) >= 11 is 3.30. The summed E-state index contributed by atoms with van der Waals surface area (Å²) in [7, 11) is 0. The third-order valence-electron chi connectivity index (χ3n) is 2.74. The van der Waals surface area contributed by atoms with Gasteiger partial charge in [-0.3, -0.25) is 4.79 Å². The van der Waals surface area contributed by atoms with Gasteiger partial charge in [0.2, 0.25) is 0 Å². The molecule has 0 saturated carbocycles. The van der Waals surface area contributed by atoms with Gasteiger partial charge < -0.3 is 10.6 Å². The van der Waals surface area contributed by atoms with Crippen molar-refractivity contribution in [2.45, 2.75) is 6.92 Å². The average molecular weight is 320 g/mol. The van der Waals surface area contributed by atoms with E-state index in [4.69, 9.17) is 5.73 Å². The van der Waals surface area contributed by atoms with Gasteiger partial charge in [0, 0.05) is 22.9 Å². The number of carbonyl (C=O) groups is 1. The summed E-state index contributed by atoms with van der Waals surface area (Å²) in [5, 5.41) is 0. The van der Waals surface area contributed by atoms with Gasteiger partial charge in [-0.1, -0.05) is 18.2 Å². The fourth-order valence-electron chi connectivity index (χ4n) is 1.82. The van der Waals surface area contributed by atoms with Crippen LogP contribution in [-0.4, -0.2) is 17.4 Å². The molecule has 4 nitrogen and oxygen atoms in total. The smallest absolute Gasteiger partial charge is 0.262 e. The number of benzene rings is 1. The highest BCUT2D eigenvalue weighted by Gasteiger charge is 2.19. The molecule has 0 unspecified atom stereocenters. The molecule has 0 radical (unpaired) electrons. The molecule has 0 aliphatic heterocycles. The van der Waals surface area contributed by atoms with Crippen molar-refractivity contribution in [1.29, 1.82) is 0 Å². The molecular weight excluding hydrogens is 306 g/mol. The summed E-state index contributed by atoms with van der Waals surface area (Å²) in [6.45, 7) is 2.49. The first-order valence-electron chi connectivity index (χ1n) is 5.91. The molecule has 0 aliphatic rings. The first kappa shape index (κ1) is 13.5. The molecule has 1 heterocycles. The lowest BCUT2D eigenvalue weighted by Crippen LogP contribution is -2.31. The number of hydrogen-bond donors (Lipinski definition) is 1. The van der Waals surface area contributed by atoms with E-state index in [9.17, 15) is 4.79 Å². The van der Waals surface area contributed by atoms with Crippen LogP contribution in [-0.2, 0) is 0 Å². The van der Waals surface area contributed by atoms with Crippen molar-refractivity contribution < 1.29 is 4.79 Å². The van der Waals surface area contributed by atoms with Gasteiger partial charge in [0.05, 0.1) is 5.56 Å². The standard InChI is InChI=1S/C14H14BrN3O/c1-2-18(11-6-4-3-5-7-11)14(19)12-8-10(15)9-17-13(12)16/h3-9H,2H2,1H3,(H2,16,17). The number of pyridine rings is 1. The van der Waals surface area contributed by atoms with E-state index < -0.39 is 0 Å². The molecule has 1 amide bonds. The summed E-state index contributed by atoms with van der Waals surface area (Å²) in [5.74, 6) is 0.0857. The minimum absolute atomic E-state index is 0.153. The SMILES string of the molecule is CCN(C(=O)c1cc(Br)cnc1N)c1ccccc1. The van der Waals surface area contributed by atoms with Crippen molar-refractivity contribution in [3.8, 4) is 0 Å². The third-order valence-corrected chi connectivity index (χ3v) is 3.18. The quantitative estimate of drug-likeness (QED) is 0.945. The largest absolute Gasteiger partial charge is 0.383 e. The number of anilines is 2.